The van der Waals surface area contributed by atoms with E-state index in [1.807, 2.05) is 54.3 Å². The average molecular weight is 383 g/mol. The molecule has 1 aliphatic heterocycles. The molecule has 2 nitrogen and oxygen atoms in total. The minimum absolute atomic E-state index is 0.00405. The van der Waals surface area contributed by atoms with Gasteiger partial charge in [-0.05, 0) is 42.3 Å². The molecule has 0 saturated carbocycles. The van der Waals surface area contributed by atoms with Crippen LogP contribution in [0.15, 0.2) is 46.9 Å². The Balaban J connectivity index is 1.99. The van der Waals surface area contributed by atoms with E-state index in [2.05, 4.69) is 15.9 Å². The molecule has 0 aromatic heterocycles. The number of carbonyl (C=O) groups excluding carboxylic acids is 1. The van der Waals surface area contributed by atoms with Crippen LogP contribution in [0.2, 0.25) is 5.02 Å². The Hall–Kier alpha value is -0.970. The number of carbonyl (C=O) groups is 1. The van der Waals surface area contributed by atoms with Gasteiger partial charge < -0.3 is 0 Å². The first-order valence-corrected chi connectivity index (χ1v) is 8.73. The van der Waals surface area contributed by atoms with Gasteiger partial charge in [-0.3, -0.25) is 9.69 Å². The molecule has 21 heavy (non-hydrogen) atoms. The maximum atomic E-state index is 12.3. The fraction of sp³-hybridized carbons (Fsp3) is 0.188. The van der Waals surface area contributed by atoms with Crippen molar-refractivity contribution in [1.29, 1.82) is 0 Å². The molecule has 1 aliphatic rings. The summed E-state index contributed by atoms with van der Waals surface area (Å²) in [6.45, 7) is 1.96. The maximum absolute atomic E-state index is 12.3. The summed E-state index contributed by atoms with van der Waals surface area (Å²) < 4.78 is 1.03. The smallest absolute Gasteiger partial charge is 0.238 e. The summed E-state index contributed by atoms with van der Waals surface area (Å²) >= 11 is 11.3. The Morgan fingerprint density at radius 2 is 1.95 bits per heavy atom. The zero-order valence-electron chi connectivity index (χ0n) is 11.3. The van der Waals surface area contributed by atoms with E-state index in [9.17, 15) is 4.79 Å². The van der Waals surface area contributed by atoms with Crippen LogP contribution in [0, 0.1) is 6.92 Å². The van der Waals surface area contributed by atoms with Crippen molar-refractivity contribution in [3.05, 3.63) is 63.1 Å². The molecule has 1 amide bonds. The quantitative estimate of drug-likeness (QED) is 0.712. The van der Waals surface area contributed by atoms with Gasteiger partial charge in [0.15, 0.2) is 0 Å². The van der Waals surface area contributed by atoms with Crippen molar-refractivity contribution in [2.45, 2.75) is 12.3 Å². The van der Waals surface area contributed by atoms with Crippen LogP contribution < -0.4 is 4.90 Å². The van der Waals surface area contributed by atoms with Crippen molar-refractivity contribution >= 4 is 50.9 Å². The number of amides is 1. The predicted molar refractivity (Wildman–Crippen MR) is 93.0 cm³/mol. The highest BCUT2D eigenvalue weighted by atomic mass is 79.9. The van der Waals surface area contributed by atoms with Crippen molar-refractivity contribution in [1.82, 2.24) is 0 Å². The molecule has 0 radical (unpaired) electrons. The third kappa shape index (κ3) is 2.98. The molecule has 2 aromatic rings. The van der Waals surface area contributed by atoms with E-state index in [1.165, 1.54) is 0 Å². The summed E-state index contributed by atoms with van der Waals surface area (Å²) in [5, 5.41) is 0.691. The van der Waals surface area contributed by atoms with Gasteiger partial charge in [0.25, 0.3) is 0 Å². The molecule has 0 bridgehead atoms. The first-order valence-electron chi connectivity index (χ1n) is 6.51. The molecule has 1 saturated heterocycles. The average Bonchev–Trinajstić information content (AvgIpc) is 2.85. The largest absolute Gasteiger partial charge is 0.295 e. The molecule has 3 rings (SSSR count). The molecule has 2 aromatic carbocycles. The van der Waals surface area contributed by atoms with Crippen LogP contribution in [0.1, 0.15) is 16.5 Å². The summed E-state index contributed by atoms with van der Waals surface area (Å²) in [6.07, 6.45) is 0. The van der Waals surface area contributed by atoms with Crippen molar-refractivity contribution in [3.63, 3.8) is 0 Å². The van der Waals surface area contributed by atoms with E-state index in [0.717, 1.165) is 21.3 Å². The Morgan fingerprint density at radius 3 is 2.62 bits per heavy atom. The monoisotopic (exact) mass is 381 g/mol. The molecule has 108 valence electrons. The molecule has 0 spiro atoms. The predicted octanol–water partition coefficient (Wildman–Crippen LogP) is 5.19. The van der Waals surface area contributed by atoms with Crippen LogP contribution in [0.25, 0.3) is 0 Å². The van der Waals surface area contributed by atoms with Gasteiger partial charge in [0.05, 0.1) is 5.75 Å². The zero-order chi connectivity index (χ0) is 15.0. The Bertz CT molecular complexity index is 689. The maximum Gasteiger partial charge on any atom is 0.238 e. The lowest BCUT2D eigenvalue weighted by Gasteiger charge is -2.24. The van der Waals surface area contributed by atoms with Crippen molar-refractivity contribution in [2.75, 3.05) is 10.7 Å². The van der Waals surface area contributed by atoms with Gasteiger partial charge in [-0.2, -0.15) is 0 Å². The molecule has 0 aliphatic carbocycles. The lowest BCUT2D eigenvalue weighted by molar-refractivity contribution is -0.115. The molecule has 1 fully saturated rings. The molecule has 1 unspecified atom stereocenters. The van der Waals surface area contributed by atoms with Crippen molar-refractivity contribution in [2.24, 2.45) is 0 Å². The van der Waals surface area contributed by atoms with Crippen LogP contribution in [-0.2, 0) is 4.79 Å². The third-order valence-electron chi connectivity index (χ3n) is 3.46. The highest BCUT2D eigenvalue weighted by Crippen LogP contribution is 2.42. The standard InChI is InChI=1S/C16H13BrClNOS/c1-10-2-7-13(8-14(10)18)19-15(20)9-21-16(19)11-3-5-12(17)6-4-11/h2-8,16H,9H2,1H3. The molecule has 5 heteroatoms. The summed E-state index contributed by atoms with van der Waals surface area (Å²) in [5.41, 5.74) is 2.99. The highest BCUT2D eigenvalue weighted by molar-refractivity contribution is 9.10. The van der Waals surface area contributed by atoms with Crippen molar-refractivity contribution < 1.29 is 4.79 Å². The second-order valence-electron chi connectivity index (χ2n) is 4.91. The lowest BCUT2D eigenvalue weighted by atomic mass is 10.1. The molecule has 1 atom stereocenters. The lowest BCUT2D eigenvalue weighted by Crippen LogP contribution is -2.27. The Labute approximate surface area is 141 Å². The van der Waals surface area contributed by atoms with Crippen LogP contribution in [0.4, 0.5) is 5.69 Å². The number of anilines is 1. The van der Waals surface area contributed by atoms with E-state index in [4.69, 9.17) is 11.6 Å². The fourth-order valence-corrected chi connectivity index (χ4v) is 3.93. The number of thioether (sulfide) groups is 1. The third-order valence-corrected chi connectivity index (χ3v) is 5.60. The molecular formula is C16H13BrClNOS. The van der Waals surface area contributed by atoms with Gasteiger partial charge in [-0.1, -0.05) is 45.7 Å². The van der Waals surface area contributed by atoms with E-state index in [0.29, 0.717) is 10.8 Å². The van der Waals surface area contributed by atoms with Crippen LogP contribution in [0.5, 0.6) is 0 Å². The summed E-state index contributed by atoms with van der Waals surface area (Å²) in [4.78, 5) is 14.1. The highest BCUT2D eigenvalue weighted by Gasteiger charge is 2.34. The zero-order valence-corrected chi connectivity index (χ0v) is 14.5. The summed E-state index contributed by atoms with van der Waals surface area (Å²) in [7, 11) is 0. The van der Waals surface area contributed by atoms with Gasteiger partial charge in [0, 0.05) is 15.2 Å². The number of hydrogen-bond donors (Lipinski definition) is 0. The molecular weight excluding hydrogens is 370 g/mol. The van der Waals surface area contributed by atoms with Crippen LogP contribution in [0.3, 0.4) is 0 Å². The van der Waals surface area contributed by atoms with E-state index >= 15 is 0 Å². The second kappa shape index (κ2) is 6.03. The van der Waals surface area contributed by atoms with Gasteiger partial charge in [-0.25, -0.2) is 0 Å². The Kier molecular flexibility index (Phi) is 4.29. The van der Waals surface area contributed by atoms with Crippen molar-refractivity contribution in [3.8, 4) is 0 Å². The fourth-order valence-electron chi connectivity index (χ4n) is 2.31. The minimum Gasteiger partial charge on any atom is -0.295 e. The second-order valence-corrected chi connectivity index (χ2v) is 7.30. The normalized spacial score (nSPS) is 18.3. The first kappa shape index (κ1) is 14.9. The topological polar surface area (TPSA) is 20.3 Å². The van der Waals surface area contributed by atoms with E-state index in [-0.39, 0.29) is 11.3 Å². The minimum atomic E-state index is 0.00405. The number of nitrogens with zero attached hydrogens (tertiary/aromatic N) is 1. The first-order chi connectivity index (χ1) is 10.1. The summed E-state index contributed by atoms with van der Waals surface area (Å²) in [5.74, 6) is 0.611. The number of rotatable bonds is 2. The number of aryl methyl sites for hydroxylation is 1. The van der Waals surface area contributed by atoms with Gasteiger partial charge in [-0.15, -0.1) is 11.8 Å². The van der Waals surface area contributed by atoms with Crippen LogP contribution in [-0.4, -0.2) is 11.7 Å². The van der Waals surface area contributed by atoms with Gasteiger partial charge >= 0.3 is 0 Å². The van der Waals surface area contributed by atoms with E-state index < -0.39 is 0 Å². The summed E-state index contributed by atoms with van der Waals surface area (Å²) in [6, 6.07) is 13.9. The number of hydrogen-bond acceptors (Lipinski definition) is 2. The van der Waals surface area contributed by atoms with Crippen LogP contribution >= 0.6 is 39.3 Å². The van der Waals surface area contributed by atoms with Gasteiger partial charge in [0.2, 0.25) is 5.91 Å². The Morgan fingerprint density at radius 1 is 1.24 bits per heavy atom. The number of benzene rings is 2. The SMILES string of the molecule is Cc1ccc(N2C(=O)CSC2c2ccc(Br)cc2)cc1Cl. The van der Waals surface area contributed by atoms with Gasteiger partial charge in [0.1, 0.15) is 5.37 Å². The molecule has 1 heterocycles. The molecule has 0 N–H and O–H groups in total. The number of halogens is 2. The van der Waals surface area contributed by atoms with E-state index in [1.54, 1.807) is 11.8 Å².